The Labute approximate surface area is 229 Å². The van der Waals surface area contributed by atoms with E-state index in [2.05, 4.69) is 18.7 Å². The van der Waals surface area contributed by atoms with Crippen LogP contribution in [0.4, 0.5) is 5.13 Å². The molecule has 0 radical (unpaired) electrons. The number of nitrogens with zero attached hydrogens (tertiary/aromatic N) is 4. The zero-order valence-corrected chi connectivity index (χ0v) is 24.5. The number of carbonyl (C=O) groups excluding carboxylic acids is 1. The van der Waals surface area contributed by atoms with Gasteiger partial charge in [0, 0.05) is 36.8 Å². The van der Waals surface area contributed by atoms with Crippen molar-refractivity contribution in [3.8, 4) is 0 Å². The third-order valence-electron chi connectivity index (χ3n) is 6.09. The summed E-state index contributed by atoms with van der Waals surface area (Å²) in [6, 6.07) is 9.91. The van der Waals surface area contributed by atoms with Gasteiger partial charge in [0.2, 0.25) is 10.0 Å². The van der Waals surface area contributed by atoms with E-state index in [1.165, 1.54) is 27.8 Å². The number of thiazole rings is 1. The van der Waals surface area contributed by atoms with Crippen LogP contribution in [0.25, 0.3) is 10.2 Å². The summed E-state index contributed by atoms with van der Waals surface area (Å²) in [4.78, 5) is 22.5. The molecular formula is C25H34Cl2N4O3S2. The molecule has 198 valence electrons. The number of anilines is 1. The van der Waals surface area contributed by atoms with Crippen molar-refractivity contribution in [2.45, 2.75) is 39.5 Å². The van der Waals surface area contributed by atoms with Crippen molar-refractivity contribution >= 4 is 66.6 Å². The number of amides is 1. The minimum atomic E-state index is -3.59. The molecule has 0 aliphatic rings. The van der Waals surface area contributed by atoms with Gasteiger partial charge in [-0.1, -0.05) is 50.6 Å². The Hall–Kier alpha value is -1.75. The van der Waals surface area contributed by atoms with Crippen LogP contribution in [0.2, 0.25) is 5.02 Å². The number of carbonyl (C=O) groups is 1. The fourth-order valence-corrected chi connectivity index (χ4v) is 6.86. The molecular weight excluding hydrogens is 539 g/mol. The van der Waals surface area contributed by atoms with Gasteiger partial charge in [0.25, 0.3) is 5.91 Å². The number of aryl methyl sites for hydroxylation is 1. The first-order chi connectivity index (χ1) is 16.7. The molecule has 1 aromatic heterocycles. The second-order valence-corrected chi connectivity index (χ2v) is 11.5. The molecule has 1 heterocycles. The van der Waals surface area contributed by atoms with Gasteiger partial charge < -0.3 is 4.90 Å². The normalized spacial score (nSPS) is 11.8. The van der Waals surface area contributed by atoms with Gasteiger partial charge in [-0.3, -0.25) is 9.69 Å². The lowest BCUT2D eigenvalue weighted by molar-refractivity contribution is 0.0983. The Morgan fingerprint density at radius 3 is 2.14 bits per heavy atom. The summed E-state index contributed by atoms with van der Waals surface area (Å²) in [5.74, 6) is -0.216. The van der Waals surface area contributed by atoms with E-state index in [0.29, 0.717) is 41.9 Å². The van der Waals surface area contributed by atoms with Crippen molar-refractivity contribution < 1.29 is 13.2 Å². The van der Waals surface area contributed by atoms with E-state index in [1.54, 1.807) is 30.9 Å². The fraction of sp³-hybridized carbons (Fsp3) is 0.440. The van der Waals surface area contributed by atoms with Crippen molar-refractivity contribution in [1.29, 1.82) is 0 Å². The molecule has 11 heteroatoms. The lowest BCUT2D eigenvalue weighted by Gasteiger charge is -2.25. The molecule has 0 saturated heterocycles. The van der Waals surface area contributed by atoms with Gasteiger partial charge in [0.15, 0.2) is 5.13 Å². The van der Waals surface area contributed by atoms with Gasteiger partial charge >= 0.3 is 0 Å². The molecule has 0 N–H and O–H groups in total. The third kappa shape index (κ3) is 6.57. The van der Waals surface area contributed by atoms with Crippen LogP contribution < -0.4 is 4.90 Å². The number of sulfonamides is 1. The first-order valence-corrected chi connectivity index (χ1v) is 14.5. The van der Waals surface area contributed by atoms with Crippen LogP contribution in [0.5, 0.6) is 0 Å². The molecule has 1 amide bonds. The molecule has 36 heavy (non-hydrogen) atoms. The standard InChI is InChI=1S/C25H33ClN4O3S2.ClH/c1-6-28(7-2)14-15-30(25-27-23-18(5)16-20(26)17-22(23)34-25)24(31)19-10-12-21(13-11-19)35(32,33)29(8-3)9-4;/h10-13,16-17H,6-9,14-15H2,1-5H3;1H. The molecule has 0 bridgehead atoms. The van der Waals surface area contributed by atoms with Crippen LogP contribution >= 0.6 is 35.3 Å². The smallest absolute Gasteiger partial charge is 0.260 e. The number of aromatic nitrogens is 1. The fourth-order valence-electron chi connectivity index (χ4n) is 3.96. The minimum absolute atomic E-state index is 0. The Bertz CT molecular complexity index is 1270. The third-order valence-corrected chi connectivity index (χ3v) is 9.40. The van der Waals surface area contributed by atoms with E-state index in [1.807, 2.05) is 19.1 Å². The van der Waals surface area contributed by atoms with Crippen LogP contribution in [0.1, 0.15) is 43.6 Å². The Morgan fingerprint density at radius 1 is 0.972 bits per heavy atom. The number of hydrogen-bond acceptors (Lipinski definition) is 6. The molecule has 0 atom stereocenters. The number of rotatable bonds is 11. The summed E-state index contributed by atoms with van der Waals surface area (Å²) in [5, 5.41) is 1.23. The molecule has 2 aromatic carbocycles. The highest BCUT2D eigenvalue weighted by atomic mass is 35.5. The predicted octanol–water partition coefficient (Wildman–Crippen LogP) is 5.70. The molecule has 7 nitrogen and oxygen atoms in total. The number of halogens is 2. The van der Waals surface area contributed by atoms with Gasteiger partial charge in [-0.25, -0.2) is 13.4 Å². The van der Waals surface area contributed by atoms with Crippen LogP contribution in [0.3, 0.4) is 0 Å². The van der Waals surface area contributed by atoms with E-state index >= 15 is 0 Å². The zero-order chi connectivity index (χ0) is 25.8. The second kappa shape index (κ2) is 13.2. The van der Waals surface area contributed by atoms with Crippen molar-refractivity contribution in [3.05, 3.63) is 52.5 Å². The van der Waals surface area contributed by atoms with Crippen molar-refractivity contribution in [2.75, 3.05) is 44.2 Å². The van der Waals surface area contributed by atoms with Crippen LogP contribution in [0.15, 0.2) is 41.3 Å². The SMILES string of the molecule is CCN(CC)CCN(C(=O)c1ccc(S(=O)(=O)N(CC)CC)cc1)c1nc2c(C)cc(Cl)cc2s1.Cl. The van der Waals surface area contributed by atoms with Gasteiger partial charge in [0.05, 0.1) is 15.1 Å². The second-order valence-electron chi connectivity index (χ2n) is 8.16. The number of hydrogen-bond donors (Lipinski definition) is 0. The highest BCUT2D eigenvalue weighted by Gasteiger charge is 2.25. The highest BCUT2D eigenvalue weighted by Crippen LogP contribution is 2.33. The summed E-state index contributed by atoms with van der Waals surface area (Å²) in [7, 11) is -3.59. The van der Waals surface area contributed by atoms with E-state index in [4.69, 9.17) is 16.6 Å². The molecule has 0 aliphatic carbocycles. The lowest BCUT2D eigenvalue weighted by Crippen LogP contribution is -2.39. The number of likely N-dealkylation sites (N-methyl/N-ethyl adjacent to an activating group) is 1. The van der Waals surface area contributed by atoms with E-state index in [0.717, 1.165) is 28.9 Å². The van der Waals surface area contributed by atoms with Crippen molar-refractivity contribution in [2.24, 2.45) is 0 Å². The van der Waals surface area contributed by atoms with Crippen molar-refractivity contribution in [1.82, 2.24) is 14.2 Å². The average Bonchev–Trinajstić information content (AvgIpc) is 3.26. The first kappa shape index (κ1) is 30.5. The maximum absolute atomic E-state index is 13.7. The van der Waals surface area contributed by atoms with Crippen molar-refractivity contribution in [3.63, 3.8) is 0 Å². The van der Waals surface area contributed by atoms with Crippen LogP contribution in [-0.4, -0.2) is 67.8 Å². The molecule has 3 aromatic rings. The van der Waals surface area contributed by atoms with Crippen LogP contribution in [0, 0.1) is 6.92 Å². The van der Waals surface area contributed by atoms with E-state index in [9.17, 15) is 13.2 Å². The quantitative estimate of drug-likeness (QED) is 0.294. The largest absolute Gasteiger partial charge is 0.302 e. The summed E-state index contributed by atoms with van der Waals surface area (Å²) >= 11 is 7.67. The predicted molar refractivity (Wildman–Crippen MR) is 153 cm³/mol. The summed E-state index contributed by atoms with van der Waals surface area (Å²) in [6.45, 7) is 13.4. The maximum Gasteiger partial charge on any atom is 0.260 e. The van der Waals surface area contributed by atoms with E-state index < -0.39 is 10.0 Å². The summed E-state index contributed by atoms with van der Waals surface area (Å²) in [6.07, 6.45) is 0. The van der Waals surface area contributed by atoms with Crippen LogP contribution in [-0.2, 0) is 10.0 Å². The van der Waals surface area contributed by atoms with Gasteiger partial charge in [-0.15, -0.1) is 12.4 Å². The maximum atomic E-state index is 13.7. The molecule has 0 aliphatic heterocycles. The summed E-state index contributed by atoms with van der Waals surface area (Å²) in [5.41, 5.74) is 2.20. The summed E-state index contributed by atoms with van der Waals surface area (Å²) < 4.78 is 28.0. The Balaban J connectivity index is 0.00000456. The lowest BCUT2D eigenvalue weighted by atomic mass is 10.2. The monoisotopic (exact) mass is 572 g/mol. The molecule has 3 rings (SSSR count). The Kier molecular flexibility index (Phi) is 11.1. The highest BCUT2D eigenvalue weighted by molar-refractivity contribution is 7.89. The van der Waals surface area contributed by atoms with Gasteiger partial charge in [-0.2, -0.15) is 4.31 Å². The topological polar surface area (TPSA) is 73.8 Å². The minimum Gasteiger partial charge on any atom is -0.302 e. The number of benzene rings is 2. The molecule has 0 unspecified atom stereocenters. The average molecular weight is 574 g/mol. The Morgan fingerprint density at radius 2 is 1.58 bits per heavy atom. The first-order valence-electron chi connectivity index (χ1n) is 11.9. The molecule has 0 spiro atoms. The van der Waals surface area contributed by atoms with E-state index in [-0.39, 0.29) is 23.2 Å². The van der Waals surface area contributed by atoms with Gasteiger partial charge in [0.1, 0.15) is 0 Å². The zero-order valence-electron chi connectivity index (χ0n) is 21.3. The molecule has 0 fully saturated rings. The number of fused-ring (bicyclic) bond motifs is 1. The van der Waals surface area contributed by atoms with Gasteiger partial charge in [-0.05, 0) is 62.0 Å². The molecule has 0 saturated carbocycles.